The number of amides is 1. The SMILES string of the molecule is CCCCNC(=O)C(C)N1CC(O)CC1C(=O)O. The van der Waals surface area contributed by atoms with Gasteiger partial charge in [-0.2, -0.15) is 0 Å². The quantitative estimate of drug-likeness (QED) is 0.575. The van der Waals surface area contributed by atoms with E-state index in [1.807, 2.05) is 6.92 Å². The lowest BCUT2D eigenvalue weighted by Crippen LogP contribution is -2.49. The zero-order chi connectivity index (χ0) is 13.7. The number of β-amino-alcohol motifs (C(OH)–C–C–N with tert-alkyl or cyclic N) is 1. The van der Waals surface area contributed by atoms with Gasteiger partial charge in [-0.25, -0.2) is 0 Å². The van der Waals surface area contributed by atoms with Gasteiger partial charge in [-0.1, -0.05) is 13.3 Å². The maximum absolute atomic E-state index is 11.9. The Kier molecular flexibility index (Phi) is 5.55. The van der Waals surface area contributed by atoms with Gasteiger partial charge in [0.2, 0.25) is 5.91 Å². The zero-order valence-electron chi connectivity index (χ0n) is 10.9. The first-order valence-electron chi connectivity index (χ1n) is 6.41. The first kappa shape index (κ1) is 14.9. The summed E-state index contributed by atoms with van der Waals surface area (Å²) in [5.41, 5.74) is 0. The molecule has 0 radical (unpaired) electrons. The number of hydrogen-bond donors (Lipinski definition) is 3. The minimum absolute atomic E-state index is 0.177. The predicted octanol–water partition coefficient (Wildman–Crippen LogP) is -0.189. The first-order chi connectivity index (χ1) is 8.47. The number of carbonyl (C=O) groups excluding carboxylic acids is 1. The van der Waals surface area contributed by atoms with Crippen LogP contribution in [0.3, 0.4) is 0 Å². The minimum atomic E-state index is -0.986. The molecule has 1 fully saturated rings. The van der Waals surface area contributed by atoms with Crippen molar-refractivity contribution in [2.24, 2.45) is 0 Å². The summed E-state index contributed by atoms with van der Waals surface area (Å²) in [6.45, 7) is 4.55. The predicted molar refractivity (Wildman–Crippen MR) is 66.1 cm³/mol. The third-order valence-corrected chi connectivity index (χ3v) is 3.31. The van der Waals surface area contributed by atoms with Crippen LogP contribution in [0, 0.1) is 0 Å². The summed E-state index contributed by atoms with van der Waals surface area (Å²) in [5.74, 6) is -1.16. The Labute approximate surface area is 107 Å². The second-order valence-corrected chi connectivity index (χ2v) is 4.76. The van der Waals surface area contributed by atoms with Gasteiger partial charge < -0.3 is 15.5 Å². The molecule has 1 amide bonds. The van der Waals surface area contributed by atoms with Gasteiger partial charge in [0.25, 0.3) is 0 Å². The van der Waals surface area contributed by atoms with Crippen molar-refractivity contribution in [2.45, 2.75) is 51.3 Å². The Balaban J connectivity index is 2.56. The summed E-state index contributed by atoms with van der Waals surface area (Å²) in [6.07, 6.45) is 1.41. The van der Waals surface area contributed by atoms with Crippen LogP contribution in [0.15, 0.2) is 0 Å². The Hall–Kier alpha value is -1.14. The first-order valence-corrected chi connectivity index (χ1v) is 6.41. The smallest absolute Gasteiger partial charge is 0.321 e. The lowest BCUT2D eigenvalue weighted by atomic mass is 10.2. The van der Waals surface area contributed by atoms with Crippen molar-refractivity contribution in [3.8, 4) is 0 Å². The van der Waals surface area contributed by atoms with Crippen LogP contribution in [0.25, 0.3) is 0 Å². The molecule has 0 aromatic carbocycles. The topological polar surface area (TPSA) is 89.9 Å². The standard InChI is InChI=1S/C12H22N2O4/c1-3-4-5-13-11(16)8(2)14-7-9(15)6-10(14)12(17)18/h8-10,15H,3-7H2,1-2H3,(H,13,16)(H,17,18). The van der Waals surface area contributed by atoms with Crippen LogP contribution in [-0.2, 0) is 9.59 Å². The molecule has 0 aliphatic carbocycles. The molecule has 0 bridgehead atoms. The summed E-state index contributed by atoms with van der Waals surface area (Å²) in [6, 6.07) is -1.30. The van der Waals surface area contributed by atoms with Gasteiger partial charge in [0.1, 0.15) is 6.04 Å². The Bertz CT molecular complexity index is 308. The van der Waals surface area contributed by atoms with Crippen LogP contribution in [-0.4, -0.2) is 58.3 Å². The van der Waals surface area contributed by atoms with Crippen molar-refractivity contribution >= 4 is 11.9 Å². The van der Waals surface area contributed by atoms with Gasteiger partial charge in [0, 0.05) is 19.5 Å². The number of aliphatic hydroxyl groups is 1. The second kappa shape index (κ2) is 6.70. The molecule has 0 saturated carbocycles. The number of nitrogens with one attached hydrogen (secondary N) is 1. The van der Waals surface area contributed by atoms with E-state index in [2.05, 4.69) is 5.32 Å². The molecule has 1 saturated heterocycles. The molecule has 0 aromatic rings. The van der Waals surface area contributed by atoms with Gasteiger partial charge in [-0.15, -0.1) is 0 Å². The van der Waals surface area contributed by atoms with Crippen molar-refractivity contribution in [1.82, 2.24) is 10.2 Å². The maximum Gasteiger partial charge on any atom is 0.321 e. The number of aliphatic carboxylic acids is 1. The highest BCUT2D eigenvalue weighted by molar-refractivity contribution is 5.83. The van der Waals surface area contributed by atoms with Crippen LogP contribution in [0.5, 0.6) is 0 Å². The summed E-state index contributed by atoms with van der Waals surface area (Å²) >= 11 is 0. The van der Waals surface area contributed by atoms with Gasteiger partial charge in [-0.05, 0) is 13.3 Å². The largest absolute Gasteiger partial charge is 0.480 e. The molecule has 1 rings (SSSR count). The fourth-order valence-corrected chi connectivity index (χ4v) is 2.20. The monoisotopic (exact) mass is 258 g/mol. The summed E-state index contributed by atoms with van der Waals surface area (Å²) in [7, 11) is 0. The van der Waals surface area contributed by atoms with E-state index in [1.165, 1.54) is 0 Å². The normalized spacial score (nSPS) is 25.9. The summed E-state index contributed by atoms with van der Waals surface area (Å²) < 4.78 is 0. The molecule has 3 atom stereocenters. The van der Waals surface area contributed by atoms with E-state index in [0.717, 1.165) is 12.8 Å². The van der Waals surface area contributed by atoms with Crippen molar-refractivity contribution in [3.63, 3.8) is 0 Å². The van der Waals surface area contributed by atoms with Crippen molar-refractivity contribution < 1.29 is 19.8 Å². The third-order valence-electron chi connectivity index (χ3n) is 3.31. The fourth-order valence-electron chi connectivity index (χ4n) is 2.20. The third kappa shape index (κ3) is 3.68. The van der Waals surface area contributed by atoms with E-state index in [9.17, 15) is 14.7 Å². The van der Waals surface area contributed by atoms with Gasteiger partial charge in [0.15, 0.2) is 0 Å². The molecule has 3 unspecified atom stereocenters. The molecule has 3 N–H and O–H groups in total. The minimum Gasteiger partial charge on any atom is -0.480 e. The lowest BCUT2D eigenvalue weighted by Gasteiger charge is -2.27. The summed E-state index contributed by atoms with van der Waals surface area (Å²) in [5, 5.41) is 21.4. The molecular formula is C12H22N2O4. The molecular weight excluding hydrogens is 236 g/mol. The van der Waals surface area contributed by atoms with Gasteiger partial charge in [-0.3, -0.25) is 14.5 Å². The van der Waals surface area contributed by atoms with Crippen molar-refractivity contribution in [3.05, 3.63) is 0 Å². The number of carboxylic acids is 1. The van der Waals surface area contributed by atoms with Crippen LogP contribution < -0.4 is 5.32 Å². The fraction of sp³-hybridized carbons (Fsp3) is 0.833. The average molecular weight is 258 g/mol. The Morgan fingerprint density at radius 3 is 2.72 bits per heavy atom. The maximum atomic E-state index is 11.9. The Morgan fingerprint density at radius 1 is 1.50 bits per heavy atom. The molecule has 1 heterocycles. The zero-order valence-corrected chi connectivity index (χ0v) is 10.9. The van der Waals surface area contributed by atoms with Crippen LogP contribution in [0.1, 0.15) is 33.1 Å². The number of unbranched alkanes of at least 4 members (excludes halogenated alkanes) is 1. The van der Waals surface area contributed by atoms with E-state index < -0.39 is 24.2 Å². The summed E-state index contributed by atoms with van der Waals surface area (Å²) in [4.78, 5) is 24.5. The molecule has 104 valence electrons. The van der Waals surface area contributed by atoms with Crippen molar-refractivity contribution in [2.75, 3.05) is 13.1 Å². The van der Waals surface area contributed by atoms with Crippen molar-refractivity contribution in [1.29, 1.82) is 0 Å². The average Bonchev–Trinajstić information content (AvgIpc) is 2.70. The molecule has 1 aliphatic heterocycles. The molecule has 18 heavy (non-hydrogen) atoms. The van der Waals surface area contributed by atoms with Crippen LogP contribution >= 0.6 is 0 Å². The number of carboxylic acid groups (broad SMARTS) is 1. The lowest BCUT2D eigenvalue weighted by molar-refractivity contribution is -0.143. The van der Waals surface area contributed by atoms with E-state index >= 15 is 0 Å². The number of rotatable bonds is 6. The van der Waals surface area contributed by atoms with Crippen LogP contribution in [0.2, 0.25) is 0 Å². The molecule has 1 aliphatic rings. The molecule has 6 nitrogen and oxygen atoms in total. The highest BCUT2D eigenvalue weighted by Gasteiger charge is 2.40. The molecule has 0 spiro atoms. The highest BCUT2D eigenvalue weighted by atomic mass is 16.4. The second-order valence-electron chi connectivity index (χ2n) is 4.76. The Morgan fingerprint density at radius 2 is 2.17 bits per heavy atom. The number of aliphatic hydroxyl groups excluding tert-OH is 1. The number of carbonyl (C=O) groups is 2. The number of hydrogen-bond acceptors (Lipinski definition) is 4. The van der Waals surface area contributed by atoms with E-state index in [-0.39, 0.29) is 18.9 Å². The van der Waals surface area contributed by atoms with Gasteiger partial charge in [0.05, 0.1) is 12.1 Å². The molecule has 6 heteroatoms. The van der Waals surface area contributed by atoms with E-state index in [0.29, 0.717) is 6.54 Å². The number of likely N-dealkylation sites (tertiary alicyclic amines) is 1. The molecule has 0 aromatic heterocycles. The van der Waals surface area contributed by atoms with Crippen LogP contribution in [0.4, 0.5) is 0 Å². The van der Waals surface area contributed by atoms with E-state index in [1.54, 1.807) is 11.8 Å². The highest BCUT2D eigenvalue weighted by Crippen LogP contribution is 2.20. The van der Waals surface area contributed by atoms with Gasteiger partial charge >= 0.3 is 5.97 Å². The number of nitrogens with zero attached hydrogens (tertiary/aromatic N) is 1. The van der Waals surface area contributed by atoms with E-state index in [4.69, 9.17) is 5.11 Å².